The summed E-state index contributed by atoms with van der Waals surface area (Å²) in [5, 5.41) is 21.6. The van der Waals surface area contributed by atoms with E-state index in [0.717, 1.165) is 50.4 Å². The van der Waals surface area contributed by atoms with Gasteiger partial charge in [-0.1, -0.05) is 19.8 Å². The zero-order chi connectivity index (χ0) is 17.4. The lowest BCUT2D eigenvalue weighted by molar-refractivity contribution is -0.158. The van der Waals surface area contributed by atoms with Crippen LogP contribution in [0.2, 0.25) is 0 Å². The van der Waals surface area contributed by atoms with E-state index in [1.807, 2.05) is 6.92 Å². The number of aliphatic hydroxyl groups is 2. The fraction of sp³-hybridized carbons (Fsp3) is 0.909. The predicted octanol–water partition coefficient (Wildman–Crippen LogP) is 4.14. The molecular formula is C22H34O2. The SMILES string of the molecule is C#C[C@]1(O)CC[C@H]2[C@@H]3CC[C@H]4C[C@](C)(O)CC[C@]4(C)[C@H]3CC[C@@]21C. The topological polar surface area (TPSA) is 40.5 Å². The Hall–Kier alpha value is -0.520. The summed E-state index contributed by atoms with van der Waals surface area (Å²) in [5.74, 6) is 5.50. The smallest absolute Gasteiger partial charge is 0.130 e. The first kappa shape index (κ1) is 16.9. The third kappa shape index (κ3) is 2.04. The molecule has 0 aromatic rings. The molecule has 0 saturated heterocycles. The highest BCUT2D eigenvalue weighted by molar-refractivity contribution is 5.23. The highest BCUT2D eigenvalue weighted by atomic mass is 16.3. The summed E-state index contributed by atoms with van der Waals surface area (Å²) in [7, 11) is 0. The van der Waals surface area contributed by atoms with Crippen molar-refractivity contribution in [3.05, 3.63) is 0 Å². The first-order valence-electron chi connectivity index (χ1n) is 10.1. The predicted molar refractivity (Wildman–Crippen MR) is 96.1 cm³/mol. The van der Waals surface area contributed by atoms with Gasteiger partial charge in [0.05, 0.1) is 5.60 Å². The van der Waals surface area contributed by atoms with E-state index in [1.54, 1.807) is 0 Å². The van der Waals surface area contributed by atoms with Crippen molar-refractivity contribution in [2.24, 2.45) is 34.5 Å². The second-order valence-electron chi connectivity index (χ2n) is 10.4. The molecule has 2 heteroatoms. The van der Waals surface area contributed by atoms with Gasteiger partial charge in [0.1, 0.15) is 5.60 Å². The fourth-order valence-corrected chi connectivity index (χ4v) is 7.68. The zero-order valence-corrected chi connectivity index (χ0v) is 15.6. The lowest BCUT2D eigenvalue weighted by Crippen LogP contribution is -2.57. The molecule has 134 valence electrons. The van der Waals surface area contributed by atoms with Crippen LogP contribution in [-0.2, 0) is 0 Å². The number of hydrogen-bond donors (Lipinski definition) is 2. The third-order valence-corrected chi connectivity index (χ3v) is 9.34. The highest BCUT2D eigenvalue weighted by Crippen LogP contribution is 2.68. The van der Waals surface area contributed by atoms with Crippen LogP contribution in [0.5, 0.6) is 0 Å². The van der Waals surface area contributed by atoms with Crippen LogP contribution in [0.25, 0.3) is 0 Å². The fourth-order valence-electron chi connectivity index (χ4n) is 7.68. The summed E-state index contributed by atoms with van der Waals surface area (Å²) in [4.78, 5) is 0. The molecule has 0 aromatic heterocycles. The lowest BCUT2D eigenvalue weighted by atomic mass is 9.43. The maximum absolute atomic E-state index is 11.0. The summed E-state index contributed by atoms with van der Waals surface area (Å²) >= 11 is 0. The largest absolute Gasteiger partial charge is 0.390 e. The first-order valence-corrected chi connectivity index (χ1v) is 10.1. The maximum Gasteiger partial charge on any atom is 0.130 e. The summed E-state index contributed by atoms with van der Waals surface area (Å²) < 4.78 is 0. The van der Waals surface area contributed by atoms with E-state index in [0.29, 0.717) is 17.3 Å². The van der Waals surface area contributed by atoms with Crippen LogP contribution in [0.3, 0.4) is 0 Å². The first-order chi connectivity index (χ1) is 11.2. The Balaban J connectivity index is 1.64. The van der Waals surface area contributed by atoms with Gasteiger partial charge in [0.2, 0.25) is 0 Å². The number of fused-ring (bicyclic) bond motifs is 5. The molecular weight excluding hydrogens is 296 g/mol. The second kappa shape index (κ2) is 5.01. The Bertz CT molecular complexity index is 575. The van der Waals surface area contributed by atoms with E-state index in [4.69, 9.17) is 6.42 Å². The van der Waals surface area contributed by atoms with E-state index in [1.165, 1.54) is 19.3 Å². The van der Waals surface area contributed by atoms with Crippen molar-refractivity contribution >= 4 is 0 Å². The highest BCUT2D eigenvalue weighted by Gasteiger charge is 2.64. The van der Waals surface area contributed by atoms with Crippen LogP contribution in [0.1, 0.15) is 78.6 Å². The minimum Gasteiger partial charge on any atom is -0.390 e. The molecule has 4 saturated carbocycles. The molecule has 8 atom stereocenters. The maximum atomic E-state index is 11.0. The molecule has 0 amide bonds. The van der Waals surface area contributed by atoms with Crippen molar-refractivity contribution in [3.8, 4) is 12.3 Å². The third-order valence-electron chi connectivity index (χ3n) is 9.34. The standard InChI is InChI=1S/C22H34O2/c1-5-22(24)11-9-18-16-7-6-15-14-19(2,23)12-13-20(15,3)17(16)8-10-21(18,22)4/h1,15-18,23-24H,6-14H2,2-4H3/t15-,16+,17-,18-,19+,20-,21-,22-/m0/s1. The molecule has 2 N–H and O–H groups in total. The lowest BCUT2D eigenvalue weighted by Gasteiger charge is -2.62. The summed E-state index contributed by atoms with van der Waals surface area (Å²) in [6.07, 6.45) is 15.5. The van der Waals surface area contributed by atoms with Gasteiger partial charge in [0.25, 0.3) is 0 Å². The van der Waals surface area contributed by atoms with Gasteiger partial charge in [0, 0.05) is 5.41 Å². The number of rotatable bonds is 0. The van der Waals surface area contributed by atoms with Gasteiger partial charge in [0.15, 0.2) is 0 Å². The van der Waals surface area contributed by atoms with Crippen LogP contribution >= 0.6 is 0 Å². The Labute approximate surface area is 147 Å². The molecule has 0 bridgehead atoms. The summed E-state index contributed by atoms with van der Waals surface area (Å²) in [5.41, 5.74) is -1.07. The van der Waals surface area contributed by atoms with Crippen LogP contribution < -0.4 is 0 Å². The Morgan fingerprint density at radius 3 is 2.29 bits per heavy atom. The van der Waals surface area contributed by atoms with Crippen molar-refractivity contribution in [2.45, 2.75) is 89.8 Å². The van der Waals surface area contributed by atoms with Crippen LogP contribution in [0.4, 0.5) is 0 Å². The monoisotopic (exact) mass is 330 g/mol. The molecule has 4 fully saturated rings. The quantitative estimate of drug-likeness (QED) is 0.655. The molecule has 0 radical (unpaired) electrons. The minimum atomic E-state index is -0.892. The van der Waals surface area contributed by atoms with Crippen molar-refractivity contribution in [3.63, 3.8) is 0 Å². The van der Waals surface area contributed by atoms with Crippen molar-refractivity contribution in [1.82, 2.24) is 0 Å². The van der Waals surface area contributed by atoms with Crippen LogP contribution in [0.15, 0.2) is 0 Å². The minimum absolute atomic E-state index is 0.0910. The van der Waals surface area contributed by atoms with Crippen molar-refractivity contribution in [1.29, 1.82) is 0 Å². The van der Waals surface area contributed by atoms with Gasteiger partial charge >= 0.3 is 0 Å². The average molecular weight is 331 g/mol. The van der Waals surface area contributed by atoms with E-state index in [-0.39, 0.29) is 5.41 Å². The molecule has 0 spiro atoms. The van der Waals surface area contributed by atoms with E-state index < -0.39 is 11.2 Å². The summed E-state index contributed by atoms with van der Waals surface area (Å²) in [6.45, 7) is 6.80. The number of hydrogen-bond acceptors (Lipinski definition) is 2. The van der Waals surface area contributed by atoms with E-state index in [2.05, 4.69) is 19.8 Å². The van der Waals surface area contributed by atoms with E-state index >= 15 is 0 Å². The van der Waals surface area contributed by atoms with Crippen molar-refractivity contribution < 1.29 is 10.2 Å². The normalized spacial score (nSPS) is 59.8. The molecule has 4 rings (SSSR count). The molecule has 0 aromatic carbocycles. The van der Waals surface area contributed by atoms with E-state index in [9.17, 15) is 10.2 Å². The Kier molecular flexibility index (Phi) is 3.54. The van der Waals surface area contributed by atoms with Gasteiger partial charge in [-0.15, -0.1) is 6.42 Å². The second-order valence-corrected chi connectivity index (χ2v) is 10.4. The van der Waals surface area contributed by atoms with Gasteiger partial charge in [-0.05, 0) is 93.8 Å². The zero-order valence-electron chi connectivity index (χ0n) is 15.6. The Morgan fingerprint density at radius 1 is 0.875 bits per heavy atom. The Morgan fingerprint density at radius 2 is 1.58 bits per heavy atom. The molecule has 24 heavy (non-hydrogen) atoms. The van der Waals surface area contributed by atoms with Gasteiger partial charge in [-0.3, -0.25) is 0 Å². The molecule has 0 unspecified atom stereocenters. The van der Waals surface area contributed by atoms with Gasteiger partial charge in [-0.2, -0.15) is 0 Å². The molecule has 0 aliphatic heterocycles. The van der Waals surface area contributed by atoms with Crippen LogP contribution in [-0.4, -0.2) is 21.4 Å². The van der Waals surface area contributed by atoms with Gasteiger partial charge in [-0.25, -0.2) is 0 Å². The molecule has 4 aliphatic carbocycles. The molecule has 0 heterocycles. The molecule has 2 nitrogen and oxygen atoms in total. The number of terminal acetylenes is 1. The van der Waals surface area contributed by atoms with Crippen LogP contribution in [0, 0.1) is 46.8 Å². The average Bonchev–Trinajstić information content (AvgIpc) is 2.80. The van der Waals surface area contributed by atoms with Gasteiger partial charge < -0.3 is 10.2 Å². The van der Waals surface area contributed by atoms with Crippen molar-refractivity contribution in [2.75, 3.05) is 0 Å². The molecule has 4 aliphatic rings. The summed E-state index contributed by atoms with van der Waals surface area (Å²) in [6, 6.07) is 0.